The number of hydrogen-bond acceptors (Lipinski definition) is 10. The summed E-state index contributed by atoms with van der Waals surface area (Å²) in [4.78, 5) is 34.8. The normalized spacial score (nSPS) is 24.0. The number of aryl methyl sites for hydroxylation is 1. The van der Waals surface area contributed by atoms with Crippen molar-refractivity contribution in [3.05, 3.63) is 53.9 Å². The summed E-state index contributed by atoms with van der Waals surface area (Å²) in [5.74, 6) is 0.286. The summed E-state index contributed by atoms with van der Waals surface area (Å²) in [7, 11) is 2.25. The Balaban J connectivity index is 0.963. The van der Waals surface area contributed by atoms with Crippen LogP contribution in [0.25, 0.3) is 11.4 Å². The van der Waals surface area contributed by atoms with Crippen LogP contribution in [-0.2, 0) is 4.74 Å². The number of nitrogens with two attached hydrogens (primary N) is 1. The molecule has 254 valence electrons. The zero-order valence-corrected chi connectivity index (χ0v) is 28.4. The van der Waals surface area contributed by atoms with Crippen molar-refractivity contribution in [1.29, 1.82) is 0 Å². The Morgan fingerprint density at radius 2 is 1.69 bits per heavy atom. The van der Waals surface area contributed by atoms with Crippen LogP contribution in [0.15, 0.2) is 42.6 Å². The maximum absolute atomic E-state index is 12.7. The molecule has 48 heavy (non-hydrogen) atoms. The maximum Gasteiger partial charge on any atom is 0.271 e. The second-order valence-corrected chi connectivity index (χ2v) is 15.1. The number of carbonyl (C=O) groups excluding carboxylic acids is 1. The summed E-state index contributed by atoms with van der Waals surface area (Å²) in [5, 5.41) is 7.02. The highest BCUT2D eigenvalue weighted by Gasteiger charge is 2.48. The van der Waals surface area contributed by atoms with E-state index >= 15 is 0 Å². The molecule has 11 nitrogen and oxygen atoms in total. The van der Waals surface area contributed by atoms with Crippen molar-refractivity contribution in [1.82, 2.24) is 24.8 Å². The zero-order valence-electron chi connectivity index (χ0n) is 28.4. The number of pyridine rings is 1. The number of primary amides is 1. The molecule has 1 aromatic carbocycles. The number of piperidine rings is 2. The number of rotatable bonds is 8. The van der Waals surface area contributed by atoms with Crippen LogP contribution in [0.5, 0.6) is 0 Å². The highest BCUT2D eigenvalue weighted by atomic mass is 16.5. The van der Waals surface area contributed by atoms with Gasteiger partial charge in [0.05, 0.1) is 11.3 Å². The molecule has 3 aromatic rings. The average molecular weight is 652 g/mol. The lowest BCUT2D eigenvalue weighted by atomic mass is 9.71. The van der Waals surface area contributed by atoms with Crippen LogP contribution in [0, 0.1) is 12.3 Å². The van der Waals surface area contributed by atoms with Gasteiger partial charge in [-0.15, -0.1) is 0 Å². The lowest BCUT2D eigenvalue weighted by Gasteiger charge is -2.57. The Bertz CT molecular complexity index is 1630. The third-order valence-corrected chi connectivity index (χ3v) is 11.6. The van der Waals surface area contributed by atoms with E-state index in [1.807, 2.05) is 31.2 Å². The van der Waals surface area contributed by atoms with Gasteiger partial charge in [-0.25, -0.2) is 9.97 Å². The average Bonchev–Trinajstić information content (AvgIpc) is 3.82. The first kappa shape index (κ1) is 31.5. The van der Waals surface area contributed by atoms with Gasteiger partial charge in [-0.05, 0) is 120 Å². The van der Waals surface area contributed by atoms with Crippen molar-refractivity contribution >= 4 is 28.9 Å². The Morgan fingerprint density at radius 3 is 2.38 bits per heavy atom. The summed E-state index contributed by atoms with van der Waals surface area (Å²) >= 11 is 0. The molecule has 5 aliphatic rings. The van der Waals surface area contributed by atoms with Crippen molar-refractivity contribution in [2.75, 3.05) is 68.5 Å². The van der Waals surface area contributed by atoms with Gasteiger partial charge in [0.15, 0.2) is 17.3 Å². The quantitative estimate of drug-likeness (QED) is 0.313. The lowest BCUT2D eigenvalue weighted by molar-refractivity contribution is -0.0704. The van der Waals surface area contributed by atoms with E-state index in [9.17, 15) is 4.79 Å². The fourth-order valence-corrected chi connectivity index (χ4v) is 8.39. The Morgan fingerprint density at radius 1 is 0.938 bits per heavy atom. The second-order valence-electron chi connectivity index (χ2n) is 15.1. The van der Waals surface area contributed by atoms with E-state index in [1.54, 1.807) is 6.20 Å². The Kier molecular flexibility index (Phi) is 8.25. The smallest absolute Gasteiger partial charge is 0.271 e. The number of nitrogens with zero attached hydrogens (tertiary/aromatic N) is 6. The number of amides is 1. The van der Waals surface area contributed by atoms with Gasteiger partial charge in [0, 0.05) is 62.4 Å². The number of nitrogens with one attached hydrogen (secondary N) is 2. The van der Waals surface area contributed by atoms with Crippen LogP contribution in [0.4, 0.5) is 23.0 Å². The van der Waals surface area contributed by atoms with Crippen molar-refractivity contribution in [2.45, 2.75) is 76.0 Å². The summed E-state index contributed by atoms with van der Waals surface area (Å²) < 4.78 is 6.06. The summed E-state index contributed by atoms with van der Waals surface area (Å²) in [6.45, 7) is 9.91. The molecule has 2 spiro atoms. The van der Waals surface area contributed by atoms with Crippen LogP contribution < -0.4 is 21.3 Å². The van der Waals surface area contributed by atoms with Gasteiger partial charge < -0.3 is 30.9 Å². The molecule has 1 amide bonds. The topological polar surface area (TPSA) is 125 Å². The fourth-order valence-electron chi connectivity index (χ4n) is 8.39. The van der Waals surface area contributed by atoms with Gasteiger partial charge in [0.2, 0.25) is 0 Å². The predicted molar refractivity (Wildman–Crippen MR) is 189 cm³/mol. The Labute approximate surface area is 283 Å². The number of ether oxygens (including phenoxy) is 1. The molecule has 0 radical (unpaired) electrons. The molecule has 0 bridgehead atoms. The van der Waals surface area contributed by atoms with Gasteiger partial charge in [0.25, 0.3) is 5.91 Å². The molecule has 4 aliphatic heterocycles. The molecule has 1 unspecified atom stereocenters. The fraction of sp³-hybridized carbons (Fsp3) is 0.568. The lowest BCUT2D eigenvalue weighted by Crippen LogP contribution is -2.63. The molecular weight excluding hydrogens is 602 g/mol. The van der Waals surface area contributed by atoms with E-state index in [2.05, 4.69) is 49.5 Å². The van der Waals surface area contributed by atoms with Gasteiger partial charge in [-0.3, -0.25) is 14.7 Å². The van der Waals surface area contributed by atoms with E-state index in [-0.39, 0.29) is 17.3 Å². The van der Waals surface area contributed by atoms with E-state index in [1.165, 1.54) is 57.5 Å². The molecule has 8 rings (SSSR count). The standard InChI is InChI=1S/C37H49N9O2/c1-25-4-3-16-39-30(25)31-34(41-27-11-21-48-37(22-27)12-13-37)43-35(32(42-31)33(38)47)40-26-5-7-28(8-6-26)45-17-9-29(10-18-45)46-23-36(24-46)14-19-44(2)20-15-36/h3-8,16,27,29H,9-15,17-24H2,1-2H3,(H2,38,47)(H2,40,41,43). The minimum atomic E-state index is -0.641. The molecule has 6 heterocycles. The van der Waals surface area contributed by atoms with Crippen molar-refractivity contribution in [3.63, 3.8) is 0 Å². The third kappa shape index (κ3) is 6.35. The predicted octanol–water partition coefficient (Wildman–Crippen LogP) is 4.81. The molecule has 4 saturated heterocycles. The van der Waals surface area contributed by atoms with Crippen LogP contribution >= 0.6 is 0 Å². The first-order valence-electron chi connectivity index (χ1n) is 17.9. The minimum absolute atomic E-state index is 0.000138. The highest BCUT2D eigenvalue weighted by molar-refractivity contribution is 5.97. The van der Waals surface area contributed by atoms with E-state index < -0.39 is 5.91 Å². The van der Waals surface area contributed by atoms with Gasteiger partial charge in [-0.2, -0.15) is 0 Å². The van der Waals surface area contributed by atoms with Gasteiger partial charge >= 0.3 is 0 Å². The summed E-state index contributed by atoms with van der Waals surface area (Å²) in [5.41, 5.74) is 10.8. The number of hydrogen-bond donors (Lipinski definition) is 3. The number of anilines is 4. The first-order valence-corrected chi connectivity index (χ1v) is 17.9. The number of carbonyl (C=O) groups is 1. The number of aromatic nitrogens is 3. The molecule has 1 atom stereocenters. The minimum Gasteiger partial charge on any atom is -0.375 e. The molecule has 1 saturated carbocycles. The van der Waals surface area contributed by atoms with Crippen molar-refractivity contribution < 1.29 is 9.53 Å². The molecule has 5 fully saturated rings. The highest BCUT2D eigenvalue weighted by Crippen LogP contribution is 2.47. The van der Waals surface area contributed by atoms with Crippen molar-refractivity contribution in [3.8, 4) is 11.4 Å². The largest absolute Gasteiger partial charge is 0.375 e. The van der Waals surface area contributed by atoms with E-state index in [0.29, 0.717) is 41.1 Å². The molecule has 11 heteroatoms. The number of likely N-dealkylation sites (tertiary alicyclic amines) is 2. The van der Waals surface area contributed by atoms with Crippen LogP contribution in [0.2, 0.25) is 0 Å². The zero-order chi connectivity index (χ0) is 32.9. The summed E-state index contributed by atoms with van der Waals surface area (Å²) in [6.07, 6.45) is 10.9. The third-order valence-electron chi connectivity index (χ3n) is 11.6. The van der Waals surface area contributed by atoms with Crippen LogP contribution in [0.3, 0.4) is 0 Å². The molecule has 2 aromatic heterocycles. The molecular formula is C37H49N9O2. The second kappa shape index (κ2) is 12.6. The number of benzene rings is 1. The molecule has 1 aliphatic carbocycles. The van der Waals surface area contributed by atoms with E-state index in [0.717, 1.165) is 50.0 Å². The molecule has 4 N–H and O–H groups in total. The van der Waals surface area contributed by atoms with Crippen molar-refractivity contribution in [2.24, 2.45) is 11.1 Å². The first-order chi connectivity index (χ1) is 23.3. The summed E-state index contributed by atoms with van der Waals surface area (Å²) in [6, 6.07) is 13.2. The monoisotopic (exact) mass is 651 g/mol. The van der Waals surface area contributed by atoms with E-state index in [4.69, 9.17) is 20.4 Å². The SMILES string of the molecule is Cc1cccnc1-c1nc(C(N)=O)c(Nc2ccc(N3CCC(N4CC5(CCN(C)CC5)C4)CC3)cc2)nc1NC1CCOC2(CC2)C1. The Hall–Kier alpha value is -3.80. The van der Waals surface area contributed by atoms with Gasteiger partial charge in [0.1, 0.15) is 5.69 Å². The van der Waals surface area contributed by atoms with Crippen LogP contribution in [-0.4, -0.2) is 101 Å². The van der Waals surface area contributed by atoms with Gasteiger partial charge in [-0.1, -0.05) is 6.07 Å². The maximum atomic E-state index is 12.7. The van der Waals surface area contributed by atoms with Crippen LogP contribution in [0.1, 0.15) is 67.4 Å².